The summed E-state index contributed by atoms with van der Waals surface area (Å²) in [6.45, 7) is 4.42. The maximum atomic E-state index is 10.9. The molecule has 0 saturated carbocycles. The van der Waals surface area contributed by atoms with Gasteiger partial charge in [0.05, 0.1) is 18.3 Å². The van der Waals surface area contributed by atoms with E-state index in [9.17, 15) is 4.79 Å². The Morgan fingerprint density at radius 2 is 2.14 bits per heavy atom. The lowest BCUT2D eigenvalue weighted by Crippen LogP contribution is -2.00. The van der Waals surface area contributed by atoms with Crippen LogP contribution in [0, 0.1) is 13.8 Å². The van der Waals surface area contributed by atoms with Gasteiger partial charge in [-0.1, -0.05) is 23.8 Å². The predicted molar refractivity (Wildman–Crippen MR) is 81.9 cm³/mol. The number of aryl methyl sites for hydroxylation is 2. The van der Waals surface area contributed by atoms with E-state index in [1.807, 2.05) is 38.1 Å². The van der Waals surface area contributed by atoms with E-state index in [4.69, 9.17) is 9.52 Å². The third-order valence-electron chi connectivity index (χ3n) is 3.54. The van der Waals surface area contributed by atoms with E-state index in [-0.39, 0.29) is 5.56 Å². The van der Waals surface area contributed by atoms with Crippen LogP contribution < -0.4 is 0 Å². The number of benzene rings is 1. The van der Waals surface area contributed by atoms with Crippen molar-refractivity contribution in [1.82, 2.24) is 9.78 Å². The van der Waals surface area contributed by atoms with E-state index in [2.05, 4.69) is 11.2 Å². The summed E-state index contributed by atoms with van der Waals surface area (Å²) in [6, 6.07) is 10.1. The van der Waals surface area contributed by atoms with Crippen LogP contribution in [0.2, 0.25) is 0 Å². The second kappa shape index (κ2) is 5.52. The van der Waals surface area contributed by atoms with Gasteiger partial charge in [-0.2, -0.15) is 5.10 Å². The number of hydrogen-bond donors (Lipinski definition) is 1. The first-order valence-electron chi connectivity index (χ1n) is 6.95. The molecule has 0 aliphatic heterocycles. The molecular formula is C17H16N2O3. The molecule has 5 nitrogen and oxygen atoms in total. The highest BCUT2D eigenvalue weighted by molar-refractivity contribution is 5.86. The predicted octanol–water partition coefficient (Wildman–Crippen LogP) is 3.51. The Morgan fingerprint density at radius 3 is 2.82 bits per heavy atom. The zero-order valence-corrected chi connectivity index (χ0v) is 12.4. The molecule has 22 heavy (non-hydrogen) atoms. The molecule has 0 saturated heterocycles. The van der Waals surface area contributed by atoms with Crippen LogP contribution in [0.25, 0.3) is 11.3 Å². The molecule has 0 unspecified atom stereocenters. The zero-order valence-electron chi connectivity index (χ0n) is 12.4. The number of furan rings is 1. The van der Waals surface area contributed by atoms with Crippen LogP contribution in [0.3, 0.4) is 0 Å². The van der Waals surface area contributed by atoms with Gasteiger partial charge in [0.25, 0.3) is 0 Å². The van der Waals surface area contributed by atoms with Crippen LogP contribution >= 0.6 is 0 Å². The summed E-state index contributed by atoms with van der Waals surface area (Å²) in [4.78, 5) is 10.9. The monoisotopic (exact) mass is 296 g/mol. The first-order chi connectivity index (χ1) is 10.5. The number of nitrogens with zero attached hydrogens (tertiary/aromatic N) is 2. The van der Waals surface area contributed by atoms with Gasteiger partial charge in [-0.15, -0.1) is 0 Å². The quantitative estimate of drug-likeness (QED) is 0.800. The Labute approximate surface area is 127 Å². The summed E-state index contributed by atoms with van der Waals surface area (Å²) in [5.41, 5.74) is 3.36. The van der Waals surface area contributed by atoms with Crippen LogP contribution in [0.15, 0.2) is 47.1 Å². The molecule has 2 heterocycles. The lowest BCUT2D eigenvalue weighted by molar-refractivity contribution is 0.0697. The number of hydrogen-bond acceptors (Lipinski definition) is 3. The fourth-order valence-corrected chi connectivity index (χ4v) is 2.35. The van der Waals surface area contributed by atoms with Crippen molar-refractivity contribution in [3.05, 3.63) is 65.2 Å². The molecule has 0 amide bonds. The molecule has 3 aromatic rings. The van der Waals surface area contributed by atoms with Gasteiger partial charge in [-0.25, -0.2) is 4.79 Å². The molecule has 5 heteroatoms. The molecule has 0 aliphatic rings. The minimum Gasteiger partial charge on any atom is -0.478 e. The summed E-state index contributed by atoms with van der Waals surface area (Å²) >= 11 is 0. The molecule has 1 aromatic carbocycles. The minimum absolute atomic E-state index is 0.181. The zero-order chi connectivity index (χ0) is 15.7. The van der Waals surface area contributed by atoms with E-state index < -0.39 is 5.97 Å². The Balaban J connectivity index is 1.87. The Kier molecular flexibility index (Phi) is 3.55. The van der Waals surface area contributed by atoms with Crippen molar-refractivity contribution in [2.75, 3.05) is 0 Å². The van der Waals surface area contributed by atoms with Crippen LogP contribution in [-0.2, 0) is 6.54 Å². The third kappa shape index (κ3) is 2.79. The van der Waals surface area contributed by atoms with Crippen molar-refractivity contribution in [3.63, 3.8) is 0 Å². The topological polar surface area (TPSA) is 68.3 Å². The number of carboxylic acids is 1. The van der Waals surface area contributed by atoms with E-state index in [1.165, 1.54) is 18.0 Å². The summed E-state index contributed by atoms with van der Waals surface area (Å²) in [7, 11) is 0. The van der Waals surface area contributed by atoms with Gasteiger partial charge >= 0.3 is 5.97 Å². The molecule has 0 aliphatic carbocycles. The summed E-state index contributed by atoms with van der Waals surface area (Å²) in [5.74, 6) is 0.640. The van der Waals surface area contributed by atoms with Gasteiger partial charge in [-0.05, 0) is 26.0 Å². The Morgan fingerprint density at radius 1 is 1.32 bits per heavy atom. The normalized spacial score (nSPS) is 10.8. The Bertz CT molecular complexity index is 830. The van der Waals surface area contributed by atoms with Gasteiger partial charge < -0.3 is 9.52 Å². The standard InChI is InChI=1S/C17H16N2O3/c1-11-4-3-5-13(6-11)16-7-14(12(2)22-16)9-19-10-15(8-18-19)17(20)21/h3-8,10H,9H2,1-2H3,(H,20,21). The van der Waals surface area contributed by atoms with Crippen molar-refractivity contribution >= 4 is 5.97 Å². The van der Waals surface area contributed by atoms with E-state index in [1.54, 1.807) is 4.68 Å². The fraction of sp³-hybridized carbons (Fsp3) is 0.176. The summed E-state index contributed by atoms with van der Waals surface area (Å²) < 4.78 is 7.42. The van der Waals surface area contributed by atoms with Crippen molar-refractivity contribution < 1.29 is 14.3 Å². The molecule has 112 valence electrons. The van der Waals surface area contributed by atoms with Gasteiger partial charge in [0, 0.05) is 17.3 Å². The van der Waals surface area contributed by atoms with Crippen molar-refractivity contribution in [3.8, 4) is 11.3 Å². The van der Waals surface area contributed by atoms with E-state index >= 15 is 0 Å². The molecule has 1 N–H and O–H groups in total. The SMILES string of the molecule is Cc1cccc(-c2cc(Cn3cc(C(=O)O)cn3)c(C)o2)c1. The highest BCUT2D eigenvalue weighted by Crippen LogP contribution is 2.26. The number of aromatic carboxylic acids is 1. The lowest BCUT2D eigenvalue weighted by Gasteiger charge is -1.98. The van der Waals surface area contributed by atoms with Crippen LogP contribution in [0.5, 0.6) is 0 Å². The molecule has 0 radical (unpaired) electrons. The lowest BCUT2D eigenvalue weighted by atomic mass is 10.1. The molecule has 0 atom stereocenters. The number of aromatic nitrogens is 2. The van der Waals surface area contributed by atoms with Crippen LogP contribution in [-0.4, -0.2) is 20.9 Å². The van der Waals surface area contributed by atoms with Crippen molar-refractivity contribution in [1.29, 1.82) is 0 Å². The number of carboxylic acid groups (broad SMARTS) is 1. The second-order valence-electron chi connectivity index (χ2n) is 5.29. The Hall–Kier alpha value is -2.82. The second-order valence-corrected chi connectivity index (χ2v) is 5.29. The van der Waals surface area contributed by atoms with Crippen LogP contribution in [0.1, 0.15) is 27.2 Å². The average Bonchev–Trinajstić information content (AvgIpc) is 3.07. The van der Waals surface area contributed by atoms with Crippen LogP contribution in [0.4, 0.5) is 0 Å². The highest BCUT2D eigenvalue weighted by atomic mass is 16.4. The first-order valence-corrected chi connectivity index (χ1v) is 6.95. The molecule has 0 bridgehead atoms. The molecule has 3 rings (SSSR count). The average molecular weight is 296 g/mol. The smallest absolute Gasteiger partial charge is 0.338 e. The van der Waals surface area contributed by atoms with Gasteiger partial charge in [0.15, 0.2) is 0 Å². The molecule has 0 fully saturated rings. The maximum absolute atomic E-state index is 10.9. The maximum Gasteiger partial charge on any atom is 0.338 e. The largest absolute Gasteiger partial charge is 0.478 e. The fourth-order valence-electron chi connectivity index (χ4n) is 2.35. The van der Waals surface area contributed by atoms with Crippen molar-refractivity contribution in [2.24, 2.45) is 0 Å². The van der Waals surface area contributed by atoms with Gasteiger partial charge in [0.1, 0.15) is 11.5 Å². The first kappa shape index (κ1) is 14.1. The molecule has 2 aromatic heterocycles. The summed E-state index contributed by atoms with van der Waals surface area (Å²) in [6.07, 6.45) is 2.86. The third-order valence-corrected chi connectivity index (χ3v) is 3.54. The van der Waals surface area contributed by atoms with Gasteiger partial charge in [-0.3, -0.25) is 4.68 Å². The van der Waals surface area contributed by atoms with Crippen molar-refractivity contribution in [2.45, 2.75) is 20.4 Å². The minimum atomic E-state index is -0.976. The summed E-state index contributed by atoms with van der Waals surface area (Å²) in [5, 5.41) is 13.0. The van der Waals surface area contributed by atoms with E-state index in [0.29, 0.717) is 6.54 Å². The molecular weight excluding hydrogens is 280 g/mol. The number of rotatable bonds is 4. The highest BCUT2D eigenvalue weighted by Gasteiger charge is 2.12. The van der Waals surface area contributed by atoms with Gasteiger partial charge in [0.2, 0.25) is 0 Å². The number of carbonyl (C=O) groups is 1. The molecule has 0 spiro atoms. The van der Waals surface area contributed by atoms with E-state index in [0.717, 1.165) is 22.6 Å².